The summed E-state index contributed by atoms with van der Waals surface area (Å²) in [5.74, 6) is 1.94. The van der Waals surface area contributed by atoms with Crippen LogP contribution in [0, 0.1) is 17.0 Å². The van der Waals surface area contributed by atoms with Gasteiger partial charge in [0.2, 0.25) is 5.91 Å². The Morgan fingerprint density at radius 3 is 2.53 bits per heavy atom. The highest BCUT2D eigenvalue weighted by Crippen LogP contribution is 2.35. The maximum Gasteiger partial charge on any atom is 0.270 e. The molecule has 2 aromatic carbocycles. The van der Waals surface area contributed by atoms with E-state index in [1.54, 1.807) is 6.07 Å². The van der Waals surface area contributed by atoms with E-state index in [0.29, 0.717) is 29.1 Å². The molecule has 0 aliphatic carbocycles. The lowest BCUT2D eigenvalue weighted by molar-refractivity contribution is -0.384. The van der Waals surface area contributed by atoms with E-state index in [0.717, 1.165) is 35.9 Å². The minimum Gasteiger partial charge on any atom is -0.323 e. The van der Waals surface area contributed by atoms with Crippen LogP contribution in [-0.2, 0) is 4.79 Å². The van der Waals surface area contributed by atoms with Crippen LogP contribution >= 0.6 is 11.8 Å². The number of nitro benzene ring substituents is 1. The SMILES string of the molecule is Cc1nc(-c2ccccc2)cc(-c2cccc([N+](=O)[O-])c2)c1NC(=O)CN1CCSCC1. The van der Waals surface area contributed by atoms with Crippen molar-refractivity contribution < 1.29 is 9.72 Å². The summed E-state index contributed by atoms with van der Waals surface area (Å²) in [5.41, 5.74) is 4.30. The topological polar surface area (TPSA) is 88.4 Å². The predicted octanol–water partition coefficient (Wildman–Crippen LogP) is 4.62. The van der Waals surface area contributed by atoms with Crippen molar-refractivity contribution in [2.75, 3.05) is 36.5 Å². The number of thioether (sulfide) groups is 1. The number of nitrogens with one attached hydrogen (secondary N) is 1. The van der Waals surface area contributed by atoms with E-state index in [1.165, 1.54) is 12.1 Å². The number of non-ortho nitro benzene ring substituents is 1. The molecule has 0 radical (unpaired) electrons. The van der Waals surface area contributed by atoms with Gasteiger partial charge in [-0.05, 0) is 18.6 Å². The Balaban J connectivity index is 1.73. The van der Waals surface area contributed by atoms with Gasteiger partial charge in [0.05, 0.1) is 28.5 Å². The highest BCUT2D eigenvalue weighted by Gasteiger charge is 2.19. The van der Waals surface area contributed by atoms with Crippen LogP contribution in [0.2, 0.25) is 0 Å². The summed E-state index contributed by atoms with van der Waals surface area (Å²) in [4.78, 5) is 30.6. The first-order valence-corrected chi connectivity index (χ1v) is 11.6. The number of pyridine rings is 1. The lowest BCUT2D eigenvalue weighted by atomic mass is 9.99. The van der Waals surface area contributed by atoms with Crippen molar-refractivity contribution in [1.82, 2.24) is 9.88 Å². The summed E-state index contributed by atoms with van der Waals surface area (Å²) in [6.45, 7) is 3.94. The lowest BCUT2D eigenvalue weighted by Gasteiger charge is -2.25. The van der Waals surface area contributed by atoms with Crippen molar-refractivity contribution in [3.63, 3.8) is 0 Å². The molecule has 8 heteroatoms. The largest absolute Gasteiger partial charge is 0.323 e. The predicted molar refractivity (Wildman–Crippen MR) is 129 cm³/mol. The van der Waals surface area contributed by atoms with E-state index in [4.69, 9.17) is 4.98 Å². The molecule has 1 aromatic heterocycles. The molecule has 0 saturated carbocycles. The molecule has 0 unspecified atom stereocenters. The summed E-state index contributed by atoms with van der Waals surface area (Å²) in [6.07, 6.45) is 0. The van der Waals surface area contributed by atoms with Gasteiger partial charge in [0.1, 0.15) is 0 Å². The molecule has 4 rings (SSSR count). The van der Waals surface area contributed by atoms with E-state index in [9.17, 15) is 14.9 Å². The fourth-order valence-electron chi connectivity index (χ4n) is 3.74. The van der Waals surface area contributed by atoms with Crippen molar-refractivity contribution >= 4 is 29.0 Å². The molecular formula is C24H24N4O3S. The Morgan fingerprint density at radius 1 is 1.09 bits per heavy atom. The summed E-state index contributed by atoms with van der Waals surface area (Å²) < 4.78 is 0. The van der Waals surface area contributed by atoms with Crippen molar-refractivity contribution in [3.8, 4) is 22.4 Å². The van der Waals surface area contributed by atoms with Gasteiger partial charge in [-0.2, -0.15) is 11.8 Å². The number of anilines is 1. The Labute approximate surface area is 191 Å². The average Bonchev–Trinajstić information content (AvgIpc) is 2.81. The molecule has 1 aliphatic heterocycles. The van der Waals surface area contributed by atoms with E-state index in [-0.39, 0.29) is 11.6 Å². The van der Waals surface area contributed by atoms with Crippen LogP contribution in [0.25, 0.3) is 22.4 Å². The second-order valence-electron chi connectivity index (χ2n) is 7.63. The van der Waals surface area contributed by atoms with E-state index in [1.807, 2.05) is 61.2 Å². The summed E-state index contributed by atoms with van der Waals surface area (Å²) in [7, 11) is 0. The number of aryl methyl sites for hydroxylation is 1. The van der Waals surface area contributed by atoms with E-state index < -0.39 is 4.92 Å². The summed E-state index contributed by atoms with van der Waals surface area (Å²) in [5, 5.41) is 14.4. The molecule has 0 spiro atoms. The number of nitrogens with zero attached hydrogens (tertiary/aromatic N) is 3. The normalized spacial score (nSPS) is 14.2. The number of rotatable bonds is 6. The molecule has 2 heterocycles. The standard InChI is InChI=1S/C24H24N4O3S/c1-17-24(26-23(29)16-27-10-12-32-13-11-27)21(19-8-5-9-20(14-19)28(30)31)15-22(25-17)18-6-3-2-4-7-18/h2-9,14-15H,10-13,16H2,1H3,(H,26,29). The fourth-order valence-corrected chi connectivity index (χ4v) is 4.72. The second-order valence-corrected chi connectivity index (χ2v) is 8.85. The van der Waals surface area contributed by atoms with Crippen LogP contribution in [0.4, 0.5) is 11.4 Å². The molecule has 32 heavy (non-hydrogen) atoms. The second kappa shape index (κ2) is 9.93. The van der Waals surface area contributed by atoms with Gasteiger partial charge in [0.15, 0.2) is 0 Å². The van der Waals surface area contributed by atoms with Gasteiger partial charge in [-0.3, -0.25) is 24.8 Å². The minimum atomic E-state index is -0.414. The van der Waals surface area contributed by atoms with Gasteiger partial charge in [-0.15, -0.1) is 0 Å². The first-order chi connectivity index (χ1) is 15.5. The molecule has 3 aromatic rings. The van der Waals surface area contributed by atoms with Crippen LogP contribution < -0.4 is 5.32 Å². The number of benzene rings is 2. The van der Waals surface area contributed by atoms with E-state index >= 15 is 0 Å². The molecule has 1 aliphatic rings. The van der Waals surface area contributed by atoms with Gasteiger partial charge >= 0.3 is 0 Å². The summed E-state index contributed by atoms with van der Waals surface area (Å²) in [6, 6.07) is 18.1. The Kier molecular flexibility index (Phi) is 6.82. The number of nitro groups is 1. The zero-order chi connectivity index (χ0) is 22.5. The average molecular weight is 449 g/mol. The molecular weight excluding hydrogens is 424 g/mol. The molecule has 1 amide bonds. The van der Waals surface area contributed by atoms with Crippen molar-refractivity contribution in [3.05, 3.63) is 76.5 Å². The van der Waals surface area contributed by atoms with E-state index in [2.05, 4.69) is 10.2 Å². The number of aromatic nitrogens is 1. The van der Waals surface area contributed by atoms with Crippen LogP contribution in [0.15, 0.2) is 60.7 Å². The smallest absolute Gasteiger partial charge is 0.270 e. The van der Waals surface area contributed by atoms with Crippen LogP contribution in [0.1, 0.15) is 5.69 Å². The number of carbonyl (C=O) groups is 1. The maximum atomic E-state index is 12.9. The molecule has 7 nitrogen and oxygen atoms in total. The number of carbonyl (C=O) groups excluding carboxylic acids is 1. The first-order valence-electron chi connectivity index (χ1n) is 10.4. The Hall–Kier alpha value is -3.23. The lowest BCUT2D eigenvalue weighted by Crippen LogP contribution is -2.38. The number of hydrogen-bond acceptors (Lipinski definition) is 6. The number of amides is 1. The molecule has 1 N–H and O–H groups in total. The van der Waals surface area contributed by atoms with Gasteiger partial charge in [-0.1, -0.05) is 42.5 Å². The third kappa shape index (κ3) is 5.15. The fraction of sp³-hybridized carbons (Fsp3) is 0.250. The Morgan fingerprint density at radius 2 is 1.81 bits per heavy atom. The third-order valence-electron chi connectivity index (χ3n) is 5.37. The highest BCUT2D eigenvalue weighted by molar-refractivity contribution is 7.99. The van der Waals surface area contributed by atoms with Gasteiger partial charge in [0.25, 0.3) is 5.69 Å². The maximum absolute atomic E-state index is 12.9. The van der Waals surface area contributed by atoms with Crippen LogP contribution in [-0.4, -0.2) is 51.9 Å². The van der Waals surface area contributed by atoms with Crippen molar-refractivity contribution in [2.45, 2.75) is 6.92 Å². The molecule has 0 bridgehead atoms. The molecule has 0 atom stereocenters. The zero-order valence-corrected chi connectivity index (χ0v) is 18.6. The minimum absolute atomic E-state index is 0.00122. The highest BCUT2D eigenvalue weighted by atomic mass is 32.2. The number of hydrogen-bond donors (Lipinski definition) is 1. The molecule has 1 saturated heterocycles. The van der Waals surface area contributed by atoms with Gasteiger partial charge in [-0.25, -0.2) is 0 Å². The summed E-state index contributed by atoms with van der Waals surface area (Å²) >= 11 is 1.90. The van der Waals surface area contributed by atoms with Crippen LogP contribution in [0.5, 0.6) is 0 Å². The van der Waals surface area contributed by atoms with Crippen molar-refractivity contribution in [2.24, 2.45) is 0 Å². The zero-order valence-electron chi connectivity index (χ0n) is 17.8. The molecule has 1 fully saturated rings. The van der Waals surface area contributed by atoms with Gasteiger partial charge < -0.3 is 5.32 Å². The van der Waals surface area contributed by atoms with Crippen LogP contribution in [0.3, 0.4) is 0 Å². The Bertz CT molecular complexity index is 1130. The monoisotopic (exact) mass is 448 g/mol. The quantitative estimate of drug-likeness (QED) is 0.437. The first kappa shape index (κ1) is 22.0. The van der Waals surface area contributed by atoms with Gasteiger partial charge in [0, 0.05) is 47.9 Å². The third-order valence-corrected chi connectivity index (χ3v) is 6.32. The molecule has 164 valence electrons. The van der Waals surface area contributed by atoms with Crippen molar-refractivity contribution in [1.29, 1.82) is 0 Å².